The first-order valence-corrected chi connectivity index (χ1v) is 12.3. The molecule has 0 saturated heterocycles. The molecule has 0 unspecified atom stereocenters. The number of benzene rings is 2. The predicted octanol–water partition coefficient (Wildman–Crippen LogP) is 2.76. The third-order valence-electron chi connectivity index (χ3n) is 6.73. The Kier molecular flexibility index (Phi) is 6.55. The van der Waals surface area contributed by atoms with Gasteiger partial charge < -0.3 is 34.5 Å². The molecule has 5 rings (SSSR count). The summed E-state index contributed by atoms with van der Waals surface area (Å²) in [4.78, 5) is 40.1. The third kappa shape index (κ3) is 4.86. The number of rotatable bonds is 7. The molecule has 2 aromatic carbocycles. The van der Waals surface area contributed by atoms with E-state index in [9.17, 15) is 24.6 Å². The molecule has 1 amide bonds. The van der Waals surface area contributed by atoms with Crippen molar-refractivity contribution in [3.05, 3.63) is 68.7 Å². The van der Waals surface area contributed by atoms with Crippen molar-refractivity contribution in [2.45, 2.75) is 51.2 Å². The minimum absolute atomic E-state index is 0.0352. The third-order valence-corrected chi connectivity index (χ3v) is 7.02. The number of aliphatic carboxylic acids is 1. The van der Waals surface area contributed by atoms with Gasteiger partial charge in [0.1, 0.15) is 17.1 Å². The molecule has 0 radical (unpaired) electrons. The molecule has 37 heavy (non-hydrogen) atoms. The Bertz CT molecular complexity index is 1590. The van der Waals surface area contributed by atoms with Crippen LogP contribution in [0.5, 0.6) is 11.5 Å². The van der Waals surface area contributed by atoms with Crippen LogP contribution in [-0.2, 0) is 28.9 Å². The number of nitrogens with one attached hydrogen (secondary N) is 2. The van der Waals surface area contributed by atoms with Gasteiger partial charge in [0, 0.05) is 40.5 Å². The van der Waals surface area contributed by atoms with Crippen molar-refractivity contribution in [1.29, 1.82) is 0 Å². The molecule has 1 aliphatic rings. The normalized spacial score (nSPS) is 14.8. The van der Waals surface area contributed by atoms with Gasteiger partial charge in [-0.15, -0.1) is 0 Å². The number of H-pyrrole nitrogens is 1. The van der Waals surface area contributed by atoms with Crippen LogP contribution < -0.4 is 20.8 Å². The van der Waals surface area contributed by atoms with Crippen LogP contribution in [0.3, 0.4) is 0 Å². The van der Waals surface area contributed by atoms with Gasteiger partial charge in [-0.1, -0.05) is 11.6 Å². The SMILES string of the molecule is C[C@@H](Oc1cc2oc(=O)c3c(c2cc1Cl)CCCC3)C(=O)N[C@@H](Cc1c[nH]c2ccc(O)cc12)C(=O)[O-]. The average Bonchev–Trinajstić information content (AvgIpc) is 3.26. The van der Waals surface area contributed by atoms with E-state index in [0.29, 0.717) is 34.0 Å². The number of aromatic nitrogens is 1. The molecule has 2 atom stereocenters. The number of ether oxygens (including phenoxy) is 1. The van der Waals surface area contributed by atoms with Crippen molar-refractivity contribution in [2.75, 3.05) is 0 Å². The fraction of sp³-hybridized carbons (Fsp3) is 0.296. The van der Waals surface area contributed by atoms with Gasteiger partial charge in [-0.2, -0.15) is 0 Å². The van der Waals surface area contributed by atoms with Gasteiger partial charge >= 0.3 is 5.63 Å². The Morgan fingerprint density at radius 3 is 2.70 bits per heavy atom. The Hall–Kier alpha value is -3.98. The molecule has 0 bridgehead atoms. The van der Waals surface area contributed by atoms with Gasteiger partial charge in [0.2, 0.25) is 0 Å². The number of carbonyl (C=O) groups excluding carboxylic acids is 2. The van der Waals surface area contributed by atoms with E-state index in [2.05, 4.69) is 10.3 Å². The number of aryl methyl sites for hydroxylation is 1. The van der Waals surface area contributed by atoms with Crippen LogP contribution in [0.1, 0.15) is 36.5 Å². The highest BCUT2D eigenvalue weighted by Crippen LogP contribution is 2.34. The van der Waals surface area contributed by atoms with Gasteiger partial charge in [-0.25, -0.2) is 4.79 Å². The highest BCUT2D eigenvalue weighted by atomic mass is 35.5. The maximum absolute atomic E-state index is 12.8. The quantitative estimate of drug-likeness (QED) is 0.316. The molecule has 3 N–H and O–H groups in total. The fourth-order valence-corrected chi connectivity index (χ4v) is 5.02. The van der Waals surface area contributed by atoms with E-state index in [-0.39, 0.29) is 28.6 Å². The van der Waals surface area contributed by atoms with Crippen molar-refractivity contribution >= 4 is 45.3 Å². The summed E-state index contributed by atoms with van der Waals surface area (Å²) in [6, 6.07) is 6.49. The number of hydrogen-bond acceptors (Lipinski definition) is 7. The first kappa shape index (κ1) is 24.7. The van der Waals surface area contributed by atoms with Gasteiger partial charge in [0.05, 0.1) is 17.0 Å². The van der Waals surface area contributed by atoms with E-state index in [1.54, 1.807) is 18.3 Å². The first-order valence-electron chi connectivity index (χ1n) is 12.0. The fourth-order valence-electron chi connectivity index (χ4n) is 4.82. The lowest BCUT2D eigenvalue weighted by Crippen LogP contribution is -2.52. The number of aromatic hydroxyl groups is 1. The maximum atomic E-state index is 12.8. The number of fused-ring (bicyclic) bond motifs is 4. The van der Waals surface area contributed by atoms with Gasteiger partial charge in [-0.3, -0.25) is 4.79 Å². The Morgan fingerprint density at radius 2 is 1.95 bits per heavy atom. The highest BCUT2D eigenvalue weighted by molar-refractivity contribution is 6.32. The van der Waals surface area contributed by atoms with Crippen LogP contribution in [-0.4, -0.2) is 34.1 Å². The van der Waals surface area contributed by atoms with Crippen LogP contribution in [0.2, 0.25) is 5.02 Å². The maximum Gasteiger partial charge on any atom is 0.339 e. The molecule has 10 heteroatoms. The van der Waals surface area contributed by atoms with Crippen molar-refractivity contribution in [1.82, 2.24) is 10.3 Å². The molecule has 2 heterocycles. The zero-order valence-electron chi connectivity index (χ0n) is 19.9. The number of amides is 1. The number of aromatic amines is 1. The number of phenolic OH excluding ortho intramolecular Hbond substituents is 1. The molecule has 0 spiro atoms. The Labute approximate surface area is 216 Å². The summed E-state index contributed by atoms with van der Waals surface area (Å²) in [7, 11) is 0. The monoisotopic (exact) mass is 523 g/mol. The molecule has 2 aromatic heterocycles. The largest absolute Gasteiger partial charge is 0.548 e. The van der Waals surface area contributed by atoms with Crippen molar-refractivity contribution < 1.29 is 29.0 Å². The van der Waals surface area contributed by atoms with E-state index in [1.807, 2.05) is 0 Å². The first-order chi connectivity index (χ1) is 17.7. The van der Waals surface area contributed by atoms with Gasteiger partial charge in [0.25, 0.3) is 5.91 Å². The van der Waals surface area contributed by atoms with Gasteiger partial charge in [0.15, 0.2) is 6.10 Å². The second-order valence-corrected chi connectivity index (χ2v) is 9.63. The van der Waals surface area contributed by atoms with Crippen molar-refractivity contribution in [2.24, 2.45) is 0 Å². The topological polar surface area (TPSA) is 145 Å². The standard InChI is InChI=1S/C27H25ClN2O7/c1-13(25(32)30-22(26(33)34)8-14-12-29-21-7-6-15(31)9-18(14)21)36-24-11-23-19(10-20(24)28)16-4-2-3-5-17(16)27(35)37-23/h6-7,9-13,22,29,31H,2-5,8H2,1H3,(H,30,32)(H,33,34)/p-1/t13-,22+/m1/s1. The average molecular weight is 524 g/mol. The summed E-state index contributed by atoms with van der Waals surface area (Å²) in [5.41, 5.74) is 2.84. The molecular weight excluding hydrogens is 500 g/mol. The minimum Gasteiger partial charge on any atom is -0.548 e. The smallest absolute Gasteiger partial charge is 0.339 e. The van der Waals surface area contributed by atoms with E-state index >= 15 is 0 Å². The summed E-state index contributed by atoms with van der Waals surface area (Å²) in [6.07, 6.45) is 3.75. The molecule has 4 aromatic rings. The van der Waals surface area contributed by atoms with E-state index in [4.69, 9.17) is 20.8 Å². The Balaban J connectivity index is 1.34. The number of carboxylic acid groups (broad SMARTS) is 1. The lowest BCUT2D eigenvalue weighted by Gasteiger charge is -2.23. The van der Waals surface area contributed by atoms with Crippen molar-refractivity contribution in [3.63, 3.8) is 0 Å². The Morgan fingerprint density at radius 1 is 1.19 bits per heavy atom. The van der Waals surface area contributed by atoms with E-state index in [0.717, 1.165) is 30.2 Å². The molecule has 1 aliphatic carbocycles. The second kappa shape index (κ2) is 9.82. The van der Waals surface area contributed by atoms with Crippen LogP contribution in [0.25, 0.3) is 21.9 Å². The molecule has 9 nitrogen and oxygen atoms in total. The molecule has 0 aliphatic heterocycles. The van der Waals surface area contributed by atoms with Crippen LogP contribution >= 0.6 is 11.6 Å². The number of carboxylic acids is 1. The van der Waals surface area contributed by atoms with E-state index in [1.165, 1.54) is 25.1 Å². The summed E-state index contributed by atoms with van der Waals surface area (Å²) in [6.45, 7) is 1.45. The van der Waals surface area contributed by atoms with Crippen LogP contribution in [0.4, 0.5) is 0 Å². The second-order valence-electron chi connectivity index (χ2n) is 9.22. The van der Waals surface area contributed by atoms with Gasteiger partial charge in [-0.05, 0) is 68.0 Å². The summed E-state index contributed by atoms with van der Waals surface area (Å²) < 4.78 is 11.2. The zero-order chi connectivity index (χ0) is 26.3. The summed E-state index contributed by atoms with van der Waals surface area (Å²) >= 11 is 6.45. The molecule has 0 fully saturated rings. The lowest BCUT2D eigenvalue weighted by atomic mass is 9.90. The zero-order valence-corrected chi connectivity index (χ0v) is 20.7. The number of phenols is 1. The molecule has 192 valence electrons. The van der Waals surface area contributed by atoms with E-state index < -0.39 is 24.0 Å². The molecule has 0 saturated carbocycles. The lowest BCUT2D eigenvalue weighted by molar-refractivity contribution is -0.308. The number of hydrogen-bond donors (Lipinski definition) is 3. The predicted molar refractivity (Wildman–Crippen MR) is 135 cm³/mol. The molecular formula is C27H24ClN2O7-. The summed E-state index contributed by atoms with van der Waals surface area (Å²) in [5, 5.41) is 25.6. The van der Waals surface area contributed by atoms with Crippen molar-refractivity contribution in [3.8, 4) is 11.5 Å². The number of halogens is 1. The summed E-state index contributed by atoms with van der Waals surface area (Å²) in [5.74, 6) is -1.99. The highest BCUT2D eigenvalue weighted by Gasteiger charge is 2.24. The van der Waals surface area contributed by atoms with Crippen LogP contribution in [0, 0.1) is 0 Å². The van der Waals surface area contributed by atoms with Crippen LogP contribution in [0.15, 0.2) is 45.7 Å². The number of carbonyl (C=O) groups is 2. The minimum atomic E-state index is -1.47.